The van der Waals surface area contributed by atoms with Gasteiger partial charge in [-0.05, 0) is 45.7 Å². The highest BCUT2D eigenvalue weighted by Crippen LogP contribution is 2.27. The molecule has 28 heavy (non-hydrogen) atoms. The number of rotatable bonds is 10. The highest BCUT2D eigenvalue weighted by atomic mass is 28.2. The van der Waals surface area contributed by atoms with E-state index in [4.69, 9.17) is 4.74 Å². The molecule has 1 aromatic carbocycles. The Morgan fingerprint density at radius 2 is 1.75 bits per heavy atom. The molecule has 0 amide bonds. The number of hydrogen-bond acceptors (Lipinski definition) is 2. The van der Waals surface area contributed by atoms with Crippen molar-refractivity contribution in [1.29, 1.82) is 0 Å². The maximum atomic E-state index is 13.0. The van der Waals surface area contributed by atoms with Crippen LogP contribution in [0.2, 0.25) is 6.04 Å². The third-order valence-corrected chi connectivity index (χ3v) is 6.50. The van der Waals surface area contributed by atoms with Gasteiger partial charge in [-0.3, -0.25) is 4.90 Å². The summed E-state index contributed by atoms with van der Waals surface area (Å²) in [7, 11) is 0.129. The third-order valence-electron chi connectivity index (χ3n) is 5.01. The van der Waals surface area contributed by atoms with Crippen LogP contribution in [0.5, 0.6) is 0 Å². The van der Waals surface area contributed by atoms with Gasteiger partial charge in [0, 0.05) is 13.1 Å². The van der Waals surface area contributed by atoms with Crippen molar-refractivity contribution in [3.8, 4) is 0 Å². The summed E-state index contributed by atoms with van der Waals surface area (Å²) in [4.78, 5) is 2.48. The quantitative estimate of drug-likeness (QED) is 0.303. The van der Waals surface area contributed by atoms with Crippen LogP contribution in [-0.4, -0.2) is 46.3 Å². The fourth-order valence-electron chi connectivity index (χ4n) is 3.72. The largest absolute Gasteiger partial charge is 0.416 e. The summed E-state index contributed by atoms with van der Waals surface area (Å²) < 4.78 is 44.9. The van der Waals surface area contributed by atoms with Crippen molar-refractivity contribution in [3.63, 3.8) is 0 Å². The van der Waals surface area contributed by atoms with E-state index in [1.54, 1.807) is 12.1 Å². The van der Waals surface area contributed by atoms with Gasteiger partial charge in [-0.25, -0.2) is 0 Å². The Kier molecular flexibility index (Phi) is 9.24. The average Bonchev–Trinajstić information content (AvgIpc) is 2.61. The molecule has 0 bridgehead atoms. The zero-order valence-corrected chi connectivity index (χ0v) is 18.0. The number of allylic oxidation sites excluding steroid dienone is 1. The highest BCUT2D eigenvalue weighted by molar-refractivity contribution is 6.54. The molecule has 1 aliphatic heterocycles. The minimum Gasteiger partial charge on any atom is -0.373 e. The van der Waals surface area contributed by atoms with Gasteiger partial charge in [0.25, 0.3) is 0 Å². The Bertz CT molecular complexity index is 610. The standard InChI is InChI=1S/C22H32F3NOSi/c1-17(16-28-21-12-8-7-11-20(21)22(23,24)25)10-6-4-5-9-13-26-14-18(2)27-19(3)15-26/h7-8,11-12,18-19H,1,4-6,9-10,13-16H2,2-3H3. The minimum absolute atomic E-state index is 0.129. The minimum atomic E-state index is -4.28. The van der Waals surface area contributed by atoms with Crippen LogP contribution in [0.25, 0.3) is 0 Å². The molecule has 6 heteroatoms. The summed E-state index contributed by atoms with van der Waals surface area (Å²) in [5.41, 5.74) is 0.555. The third kappa shape index (κ3) is 8.09. The number of halogens is 3. The molecule has 2 radical (unpaired) electrons. The van der Waals surface area contributed by atoms with E-state index < -0.39 is 11.7 Å². The predicted octanol–water partition coefficient (Wildman–Crippen LogP) is 5.07. The summed E-state index contributed by atoms with van der Waals surface area (Å²) in [5.74, 6) is 0. The van der Waals surface area contributed by atoms with E-state index in [0.717, 1.165) is 44.5 Å². The Morgan fingerprint density at radius 3 is 2.43 bits per heavy atom. The first-order valence-corrected chi connectivity index (χ1v) is 11.4. The number of morpholine rings is 1. The fourth-order valence-corrected chi connectivity index (χ4v) is 4.97. The molecule has 2 unspecified atom stereocenters. The van der Waals surface area contributed by atoms with E-state index in [1.807, 2.05) is 0 Å². The lowest BCUT2D eigenvalue weighted by Crippen LogP contribution is -2.45. The van der Waals surface area contributed by atoms with Gasteiger partial charge < -0.3 is 4.74 Å². The van der Waals surface area contributed by atoms with Crippen LogP contribution in [0.15, 0.2) is 36.4 Å². The van der Waals surface area contributed by atoms with Crippen molar-refractivity contribution in [2.75, 3.05) is 19.6 Å². The molecule has 1 aromatic rings. The van der Waals surface area contributed by atoms with Crippen molar-refractivity contribution in [1.82, 2.24) is 4.90 Å². The van der Waals surface area contributed by atoms with Gasteiger partial charge in [0.05, 0.1) is 27.3 Å². The van der Waals surface area contributed by atoms with Crippen molar-refractivity contribution in [3.05, 3.63) is 42.0 Å². The van der Waals surface area contributed by atoms with Crippen molar-refractivity contribution in [2.24, 2.45) is 0 Å². The van der Waals surface area contributed by atoms with Gasteiger partial charge in [0.2, 0.25) is 0 Å². The molecule has 2 nitrogen and oxygen atoms in total. The number of ether oxygens (including phenoxy) is 1. The first-order chi connectivity index (χ1) is 13.3. The van der Waals surface area contributed by atoms with E-state index in [2.05, 4.69) is 25.3 Å². The van der Waals surface area contributed by atoms with Gasteiger partial charge in [-0.15, -0.1) is 6.58 Å². The maximum absolute atomic E-state index is 13.0. The van der Waals surface area contributed by atoms with E-state index in [-0.39, 0.29) is 9.52 Å². The molecular weight excluding hydrogens is 379 g/mol. The fraction of sp³-hybridized carbons (Fsp3) is 0.636. The Hall–Kier alpha value is -1.11. The molecular formula is C22H32F3NOSi. The molecule has 1 fully saturated rings. The molecule has 2 atom stereocenters. The average molecular weight is 412 g/mol. The number of nitrogens with zero attached hydrogens (tertiary/aromatic N) is 1. The lowest BCUT2D eigenvalue weighted by molar-refractivity contribution is -0.136. The van der Waals surface area contributed by atoms with Gasteiger partial charge >= 0.3 is 6.18 Å². The van der Waals surface area contributed by atoms with Crippen LogP contribution < -0.4 is 5.19 Å². The second kappa shape index (κ2) is 11.2. The zero-order chi connectivity index (χ0) is 20.6. The van der Waals surface area contributed by atoms with Gasteiger partial charge in [-0.1, -0.05) is 47.9 Å². The lowest BCUT2D eigenvalue weighted by atomic mass is 10.1. The first-order valence-electron chi connectivity index (χ1n) is 10.2. The van der Waals surface area contributed by atoms with Gasteiger partial charge in [0.1, 0.15) is 0 Å². The molecule has 1 heterocycles. The SMILES string of the molecule is C=C(CCCCCCN1CC(C)OC(C)C1)C[Si]c1ccccc1C(F)(F)F. The normalized spacial score (nSPS) is 21.0. The first kappa shape index (κ1) is 23.2. The van der Waals surface area contributed by atoms with Crippen molar-refractivity contribution in [2.45, 2.75) is 70.4 Å². The molecule has 156 valence electrons. The topological polar surface area (TPSA) is 12.5 Å². The van der Waals surface area contributed by atoms with Crippen LogP contribution in [-0.2, 0) is 10.9 Å². The van der Waals surface area contributed by atoms with Crippen LogP contribution in [0.4, 0.5) is 13.2 Å². The van der Waals surface area contributed by atoms with E-state index in [1.165, 1.54) is 25.0 Å². The summed E-state index contributed by atoms with van der Waals surface area (Å²) in [6, 6.07) is 6.53. The Morgan fingerprint density at radius 1 is 1.11 bits per heavy atom. The molecule has 0 saturated carbocycles. The number of benzene rings is 1. The van der Waals surface area contributed by atoms with Crippen LogP contribution in [0, 0.1) is 0 Å². The number of unbranched alkanes of at least 4 members (excludes halogenated alkanes) is 3. The summed E-state index contributed by atoms with van der Waals surface area (Å²) in [6.45, 7) is 11.5. The van der Waals surface area contributed by atoms with E-state index >= 15 is 0 Å². The molecule has 0 N–H and O–H groups in total. The summed E-state index contributed by atoms with van der Waals surface area (Å²) in [6.07, 6.45) is 1.86. The lowest BCUT2D eigenvalue weighted by Gasteiger charge is -2.35. The molecule has 2 rings (SSSR count). The molecule has 1 aliphatic rings. The summed E-state index contributed by atoms with van der Waals surface area (Å²) >= 11 is 0. The Balaban J connectivity index is 1.59. The molecule has 0 aromatic heterocycles. The maximum Gasteiger partial charge on any atom is 0.416 e. The molecule has 0 aliphatic carbocycles. The predicted molar refractivity (Wildman–Crippen MR) is 110 cm³/mol. The monoisotopic (exact) mass is 411 g/mol. The molecule has 0 spiro atoms. The summed E-state index contributed by atoms with van der Waals surface area (Å²) in [5, 5.41) is 0.394. The number of alkyl halides is 3. The Labute approximate surface area is 170 Å². The van der Waals surface area contributed by atoms with Crippen LogP contribution >= 0.6 is 0 Å². The van der Waals surface area contributed by atoms with Crippen LogP contribution in [0.3, 0.4) is 0 Å². The van der Waals surface area contributed by atoms with Crippen molar-refractivity contribution >= 4 is 14.7 Å². The smallest absolute Gasteiger partial charge is 0.373 e. The molecule has 1 saturated heterocycles. The van der Waals surface area contributed by atoms with E-state index in [9.17, 15) is 13.2 Å². The van der Waals surface area contributed by atoms with Gasteiger partial charge in [0.15, 0.2) is 0 Å². The van der Waals surface area contributed by atoms with E-state index in [0.29, 0.717) is 23.4 Å². The second-order valence-electron chi connectivity index (χ2n) is 7.83. The second-order valence-corrected chi connectivity index (χ2v) is 9.07. The van der Waals surface area contributed by atoms with Crippen molar-refractivity contribution < 1.29 is 17.9 Å². The zero-order valence-electron chi connectivity index (χ0n) is 17.0. The highest BCUT2D eigenvalue weighted by Gasteiger charge is 2.32. The number of hydrogen-bond donors (Lipinski definition) is 0. The van der Waals surface area contributed by atoms with Gasteiger partial charge in [-0.2, -0.15) is 13.2 Å². The van der Waals surface area contributed by atoms with Crippen LogP contribution in [0.1, 0.15) is 51.5 Å².